The number of aromatic nitrogens is 3. The molecule has 0 bridgehead atoms. The summed E-state index contributed by atoms with van der Waals surface area (Å²) in [6, 6.07) is 9.01. The minimum atomic E-state index is 0.0424. The van der Waals surface area contributed by atoms with Gasteiger partial charge in [-0.05, 0) is 30.3 Å². The SMILES string of the molecule is O=C(c1ccc(Cl)cc1)N1CCN(c2ncnc3[nH]ccc23)CC1. The standard InChI is InChI=1S/C17H16ClN5O/c18-13-3-1-12(2-4-13)17(24)23-9-7-22(8-10-23)16-14-5-6-19-15(14)20-11-21-16/h1-6,11H,7-10H2,(H,19,20,21). The number of carbonyl (C=O) groups is 1. The molecule has 2 aromatic heterocycles. The molecule has 1 fully saturated rings. The van der Waals surface area contributed by atoms with Crippen LogP contribution in [0.15, 0.2) is 42.9 Å². The summed E-state index contributed by atoms with van der Waals surface area (Å²) in [7, 11) is 0. The van der Waals surface area contributed by atoms with Crippen LogP contribution in [0.5, 0.6) is 0 Å². The van der Waals surface area contributed by atoms with E-state index in [0.717, 1.165) is 29.9 Å². The zero-order valence-electron chi connectivity index (χ0n) is 12.9. The second kappa shape index (κ2) is 6.13. The Morgan fingerprint density at radius 2 is 1.79 bits per heavy atom. The molecule has 0 radical (unpaired) electrons. The van der Waals surface area contributed by atoms with Gasteiger partial charge in [0.1, 0.15) is 17.8 Å². The summed E-state index contributed by atoms with van der Waals surface area (Å²) in [4.78, 5) is 28.4. The normalized spacial score (nSPS) is 15.0. The van der Waals surface area contributed by atoms with Gasteiger partial charge in [0, 0.05) is 43.0 Å². The first-order chi connectivity index (χ1) is 11.7. The third-order valence-electron chi connectivity index (χ3n) is 4.29. The molecule has 0 spiro atoms. The first-order valence-corrected chi connectivity index (χ1v) is 8.18. The van der Waals surface area contributed by atoms with E-state index in [4.69, 9.17) is 11.6 Å². The second-order valence-corrected chi connectivity index (χ2v) is 6.16. The Morgan fingerprint density at radius 1 is 1.04 bits per heavy atom. The molecule has 7 heteroatoms. The molecule has 3 aromatic rings. The molecule has 4 rings (SSSR count). The molecule has 6 nitrogen and oxygen atoms in total. The number of benzene rings is 1. The fourth-order valence-corrected chi connectivity index (χ4v) is 3.13. The van der Waals surface area contributed by atoms with E-state index in [1.165, 1.54) is 0 Å². The van der Waals surface area contributed by atoms with Crippen LogP contribution < -0.4 is 4.90 Å². The van der Waals surface area contributed by atoms with Crippen LogP contribution in [0.2, 0.25) is 5.02 Å². The summed E-state index contributed by atoms with van der Waals surface area (Å²) in [5, 5.41) is 1.64. The number of anilines is 1. The Bertz CT molecular complexity index is 868. The van der Waals surface area contributed by atoms with Gasteiger partial charge >= 0.3 is 0 Å². The number of hydrogen-bond donors (Lipinski definition) is 1. The van der Waals surface area contributed by atoms with Crippen LogP contribution in [0.25, 0.3) is 11.0 Å². The van der Waals surface area contributed by atoms with E-state index >= 15 is 0 Å². The lowest BCUT2D eigenvalue weighted by atomic mass is 10.2. The number of nitrogens with zero attached hydrogens (tertiary/aromatic N) is 4. The third-order valence-corrected chi connectivity index (χ3v) is 4.54. The number of H-pyrrole nitrogens is 1. The van der Waals surface area contributed by atoms with E-state index < -0.39 is 0 Å². The predicted molar refractivity (Wildman–Crippen MR) is 93.5 cm³/mol. The van der Waals surface area contributed by atoms with E-state index in [9.17, 15) is 4.79 Å². The molecule has 1 N–H and O–H groups in total. The highest BCUT2D eigenvalue weighted by Gasteiger charge is 2.24. The molecule has 24 heavy (non-hydrogen) atoms. The van der Waals surface area contributed by atoms with Crippen molar-refractivity contribution in [3.05, 3.63) is 53.4 Å². The molecule has 1 amide bonds. The third kappa shape index (κ3) is 2.69. The highest BCUT2D eigenvalue weighted by Crippen LogP contribution is 2.23. The Balaban J connectivity index is 1.48. The largest absolute Gasteiger partial charge is 0.352 e. The van der Waals surface area contributed by atoms with Crippen molar-refractivity contribution in [2.75, 3.05) is 31.1 Å². The maximum absolute atomic E-state index is 12.6. The van der Waals surface area contributed by atoms with Crippen LogP contribution in [0.4, 0.5) is 5.82 Å². The Morgan fingerprint density at radius 3 is 2.54 bits per heavy atom. The number of nitrogens with one attached hydrogen (secondary N) is 1. The van der Waals surface area contributed by atoms with Crippen molar-refractivity contribution in [2.45, 2.75) is 0 Å². The van der Waals surface area contributed by atoms with Gasteiger partial charge in [-0.25, -0.2) is 9.97 Å². The molecule has 3 heterocycles. The van der Waals surface area contributed by atoms with E-state index in [1.807, 2.05) is 17.2 Å². The number of carbonyl (C=O) groups excluding carboxylic acids is 1. The van der Waals surface area contributed by atoms with E-state index in [0.29, 0.717) is 23.7 Å². The second-order valence-electron chi connectivity index (χ2n) is 5.72. The van der Waals surface area contributed by atoms with Crippen molar-refractivity contribution in [3.63, 3.8) is 0 Å². The van der Waals surface area contributed by atoms with Crippen molar-refractivity contribution in [1.29, 1.82) is 0 Å². The number of halogens is 1. The lowest BCUT2D eigenvalue weighted by molar-refractivity contribution is 0.0746. The summed E-state index contributed by atoms with van der Waals surface area (Å²) in [5.74, 6) is 0.959. The molecular weight excluding hydrogens is 326 g/mol. The van der Waals surface area contributed by atoms with Crippen molar-refractivity contribution in [2.24, 2.45) is 0 Å². The monoisotopic (exact) mass is 341 g/mol. The van der Waals surface area contributed by atoms with Crippen LogP contribution in [-0.2, 0) is 0 Å². The van der Waals surface area contributed by atoms with E-state index in [1.54, 1.807) is 30.6 Å². The Labute approximate surface area is 144 Å². The lowest BCUT2D eigenvalue weighted by Gasteiger charge is -2.35. The number of piperazine rings is 1. The van der Waals surface area contributed by atoms with Crippen molar-refractivity contribution < 1.29 is 4.79 Å². The van der Waals surface area contributed by atoms with Gasteiger partial charge in [0.05, 0.1) is 5.39 Å². The summed E-state index contributed by atoms with van der Waals surface area (Å²) in [5.41, 5.74) is 1.50. The molecule has 0 unspecified atom stereocenters. The van der Waals surface area contributed by atoms with Crippen LogP contribution in [0.1, 0.15) is 10.4 Å². The molecule has 1 aliphatic heterocycles. The van der Waals surface area contributed by atoms with Gasteiger partial charge in [-0.1, -0.05) is 11.6 Å². The number of fused-ring (bicyclic) bond motifs is 1. The zero-order chi connectivity index (χ0) is 16.5. The highest BCUT2D eigenvalue weighted by molar-refractivity contribution is 6.30. The quantitative estimate of drug-likeness (QED) is 0.778. The van der Waals surface area contributed by atoms with Crippen LogP contribution in [0.3, 0.4) is 0 Å². The van der Waals surface area contributed by atoms with Crippen molar-refractivity contribution >= 4 is 34.4 Å². The molecule has 0 saturated carbocycles. The molecule has 1 aromatic carbocycles. The lowest BCUT2D eigenvalue weighted by Crippen LogP contribution is -2.49. The molecule has 122 valence electrons. The molecular formula is C17H16ClN5O. The van der Waals surface area contributed by atoms with Crippen LogP contribution in [-0.4, -0.2) is 51.9 Å². The first kappa shape index (κ1) is 15.0. The first-order valence-electron chi connectivity index (χ1n) is 7.80. The highest BCUT2D eigenvalue weighted by atomic mass is 35.5. The fourth-order valence-electron chi connectivity index (χ4n) is 3.01. The topological polar surface area (TPSA) is 65.1 Å². The maximum Gasteiger partial charge on any atom is 0.253 e. The maximum atomic E-state index is 12.6. The fraction of sp³-hybridized carbons (Fsp3) is 0.235. The Kier molecular flexibility index (Phi) is 3.82. The average molecular weight is 342 g/mol. The van der Waals surface area contributed by atoms with Gasteiger partial charge in [-0.2, -0.15) is 0 Å². The van der Waals surface area contributed by atoms with Crippen molar-refractivity contribution in [1.82, 2.24) is 19.9 Å². The summed E-state index contributed by atoms with van der Waals surface area (Å²) < 4.78 is 0. The molecule has 1 aliphatic rings. The number of aromatic amines is 1. The minimum absolute atomic E-state index is 0.0424. The van der Waals surface area contributed by atoms with Gasteiger partial charge < -0.3 is 14.8 Å². The van der Waals surface area contributed by atoms with Gasteiger partial charge in [0.15, 0.2) is 0 Å². The zero-order valence-corrected chi connectivity index (χ0v) is 13.7. The van der Waals surface area contributed by atoms with Crippen molar-refractivity contribution in [3.8, 4) is 0 Å². The van der Waals surface area contributed by atoms with Gasteiger partial charge in [-0.15, -0.1) is 0 Å². The Hall–Kier alpha value is -2.60. The number of rotatable bonds is 2. The minimum Gasteiger partial charge on any atom is -0.352 e. The molecule has 0 atom stereocenters. The van der Waals surface area contributed by atoms with Gasteiger partial charge in [0.25, 0.3) is 5.91 Å². The van der Waals surface area contributed by atoms with Crippen LogP contribution in [0, 0.1) is 0 Å². The van der Waals surface area contributed by atoms with E-state index in [-0.39, 0.29) is 5.91 Å². The summed E-state index contributed by atoms with van der Waals surface area (Å²) >= 11 is 5.88. The van der Waals surface area contributed by atoms with Gasteiger partial charge in [-0.3, -0.25) is 4.79 Å². The average Bonchev–Trinajstić information content (AvgIpc) is 3.11. The number of hydrogen-bond acceptors (Lipinski definition) is 4. The summed E-state index contributed by atoms with van der Waals surface area (Å²) in [6.07, 6.45) is 3.43. The number of amides is 1. The predicted octanol–water partition coefficient (Wildman–Crippen LogP) is 2.57. The van der Waals surface area contributed by atoms with Crippen LogP contribution >= 0.6 is 11.6 Å². The molecule has 0 aliphatic carbocycles. The molecule has 1 saturated heterocycles. The van der Waals surface area contributed by atoms with Gasteiger partial charge in [0.2, 0.25) is 0 Å². The van der Waals surface area contributed by atoms with E-state index in [2.05, 4.69) is 19.9 Å². The summed E-state index contributed by atoms with van der Waals surface area (Å²) in [6.45, 7) is 2.82. The smallest absolute Gasteiger partial charge is 0.253 e.